The summed E-state index contributed by atoms with van der Waals surface area (Å²) in [4.78, 5) is 55.2. The largest absolute Gasteiger partial charge is 0.461 e. The molecule has 0 bridgehead atoms. The summed E-state index contributed by atoms with van der Waals surface area (Å²) in [6, 6.07) is 3.61. The molecule has 1 aromatic carbocycles. The van der Waals surface area contributed by atoms with Crippen molar-refractivity contribution in [3.8, 4) is 11.3 Å². The molecule has 48 heavy (non-hydrogen) atoms. The van der Waals surface area contributed by atoms with Crippen LogP contribution < -0.4 is 21.3 Å². The topological polar surface area (TPSA) is 165 Å². The molecule has 3 aliphatic rings. The quantitative estimate of drug-likeness (QED) is 0.186. The first-order valence-electron chi connectivity index (χ1n) is 14.9. The fourth-order valence-corrected chi connectivity index (χ4v) is 6.54. The van der Waals surface area contributed by atoms with Gasteiger partial charge in [-0.1, -0.05) is 17.7 Å². The average molecular weight is 690 g/mol. The number of anilines is 1. The van der Waals surface area contributed by atoms with Crippen molar-refractivity contribution >= 4 is 41.6 Å². The highest BCUT2D eigenvalue weighted by molar-refractivity contribution is 6.34. The number of allylic oxidation sites excluding steroid dienone is 1. The van der Waals surface area contributed by atoms with Crippen LogP contribution in [0.4, 0.5) is 23.7 Å². The van der Waals surface area contributed by atoms with Crippen LogP contribution in [0.2, 0.25) is 5.02 Å². The lowest BCUT2D eigenvalue weighted by Crippen LogP contribution is -2.50. The Morgan fingerprint density at radius 1 is 1.17 bits per heavy atom. The van der Waals surface area contributed by atoms with Crippen LogP contribution in [0.5, 0.6) is 0 Å². The highest BCUT2D eigenvalue weighted by Gasteiger charge is 2.57. The number of imidazole rings is 1. The molecule has 2 aliphatic heterocycles. The minimum atomic E-state index is -4.74. The summed E-state index contributed by atoms with van der Waals surface area (Å²) in [5, 5.41) is 15.2. The second-order valence-corrected chi connectivity index (χ2v) is 12.2. The van der Waals surface area contributed by atoms with Crippen LogP contribution in [0.3, 0.4) is 0 Å². The Morgan fingerprint density at radius 2 is 1.92 bits per heavy atom. The van der Waals surface area contributed by atoms with Crippen molar-refractivity contribution in [1.82, 2.24) is 40.2 Å². The molecule has 18 heteroatoms. The van der Waals surface area contributed by atoms with Crippen molar-refractivity contribution in [2.24, 2.45) is 18.9 Å². The third-order valence-electron chi connectivity index (χ3n) is 8.76. The Bertz CT molecular complexity index is 1760. The number of nitrogens with zero attached hydrogens (tertiary/aromatic N) is 5. The number of rotatable bonds is 10. The number of alkyl halides is 3. The van der Waals surface area contributed by atoms with Crippen LogP contribution in [0.1, 0.15) is 26.7 Å². The number of likely N-dealkylation sites (tertiary alicyclic amines) is 1. The Morgan fingerprint density at radius 3 is 2.58 bits per heavy atom. The molecule has 3 fully saturated rings. The molecular weight excluding hydrogens is 659 g/mol. The number of aromatic nitrogens is 4. The zero-order valence-electron chi connectivity index (χ0n) is 25.5. The van der Waals surface area contributed by atoms with Crippen LogP contribution in [-0.2, 0) is 29.3 Å². The van der Waals surface area contributed by atoms with Crippen LogP contribution in [0.25, 0.3) is 11.3 Å². The predicted octanol–water partition coefficient (Wildman–Crippen LogP) is 2.28. The molecule has 2 saturated heterocycles. The zero-order chi connectivity index (χ0) is 34.3. The first kappa shape index (κ1) is 33.0. The Hall–Kier alpha value is -4.90. The van der Waals surface area contributed by atoms with Crippen molar-refractivity contribution in [2.45, 2.75) is 30.9 Å². The highest BCUT2D eigenvalue weighted by Crippen LogP contribution is 2.45. The van der Waals surface area contributed by atoms with Gasteiger partial charge in [-0.2, -0.15) is 18.3 Å². The Labute approximate surface area is 276 Å². The maximum Gasteiger partial charge on any atom is 0.435 e. The third-order valence-corrected chi connectivity index (χ3v) is 9.07. The number of halogens is 4. The van der Waals surface area contributed by atoms with E-state index in [-0.39, 0.29) is 69.9 Å². The van der Waals surface area contributed by atoms with E-state index in [1.54, 1.807) is 4.90 Å². The van der Waals surface area contributed by atoms with Gasteiger partial charge in [-0.15, -0.1) is 6.58 Å². The molecule has 1 aliphatic carbocycles. The van der Waals surface area contributed by atoms with Gasteiger partial charge in [0.1, 0.15) is 6.10 Å². The van der Waals surface area contributed by atoms with Crippen molar-refractivity contribution in [2.75, 3.05) is 31.5 Å². The van der Waals surface area contributed by atoms with Crippen LogP contribution in [0.15, 0.2) is 43.2 Å². The molecular formula is C30H31ClF3N9O5. The first-order valence-corrected chi connectivity index (χ1v) is 15.3. The van der Waals surface area contributed by atoms with Gasteiger partial charge in [0.2, 0.25) is 0 Å². The Kier molecular flexibility index (Phi) is 8.91. The second kappa shape index (κ2) is 13.0. The minimum absolute atomic E-state index is 0.0328. The molecule has 4 heterocycles. The first-order chi connectivity index (χ1) is 22.9. The number of hydrogen-bond donors (Lipinski definition) is 4. The summed E-state index contributed by atoms with van der Waals surface area (Å²) in [5.74, 6) is -1.10. The molecule has 3 aromatic rings. The van der Waals surface area contributed by atoms with Gasteiger partial charge < -0.3 is 35.5 Å². The monoisotopic (exact) mass is 689 g/mol. The second-order valence-electron chi connectivity index (χ2n) is 11.8. The standard InChI is InChI=1S/C30H31ClF3N9O5/c1-3-6-43-13-19(25(40-43)30(32,33)34)22-9-36-26(41(22)2)28(46)37-15-4-5-16(20(31)7-15)27(45)39-24-17-11-42(12-18(17)24)29(47)38-21-8-35-10-23(21)48-14-44/h3-5,7,9,13-14,17-18,21,23-24,35H,1,6,8,10-12H2,2H3,(H,37,46)(H,38,47)(H,39,45)/t17-,18+,21-,23-,24?/m1/s1. The number of carbonyl (C=O) groups is 4. The van der Waals surface area contributed by atoms with Gasteiger partial charge in [-0.05, 0) is 18.2 Å². The normalized spacial score (nSPS) is 22.9. The van der Waals surface area contributed by atoms with E-state index in [1.807, 2.05) is 0 Å². The average Bonchev–Trinajstić information content (AvgIpc) is 3.60. The van der Waals surface area contributed by atoms with Crippen molar-refractivity contribution < 1.29 is 37.1 Å². The fraction of sp³-hybridized carbons (Fsp3) is 0.400. The van der Waals surface area contributed by atoms with E-state index >= 15 is 0 Å². The minimum Gasteiger partial charge on any atom is -0.461 e. The van der Waals surface area contributed by atoms with E-state index in [9.17, 15) is 32.3 Å². The van der Waals surface area contributed by atoms with Crippen LogP contribution in [0, 0.1) is 11.8 Å². The molecule has 6 rings (SSSR count). The highest BCUT2D eigenvalue weighted by atomic mass is 35.5. The van der Waals surface area contributed by atoms with Gasteiger partial charge >= 0.3 is 12.2 Å². The lowest BCUT2D eigenvalue weighted by Gasteiger charge is -2.25. The lowest BCUT2D eigenvalue weighted by molar-refractivity contribution is -0.141. The molecule has 4 amide bonds. The van der Waals surface area contributed by atoms with E-state index in [2.05, 4.69) is 37.9 Å². The summed E-state index contributed by atoms with van der Waals surface area (Å²) in [6.45, 7) is 5.82. The molecule has 254 valence electrons. The lowest BCUT2D eigenvalue weighted by atomic mass is 10.2. The number of carbonyl (C=O) groups excluding carboxylic acids is 4. The summed E-state index contributed by atoms with van der Waals surface area (Å²) in [6.07, 6.45) is -1.38. The van der Waals surface area contributed by atoms with Gasteiger partial charge in [0.05, 0.1) is 40.6 Å². The SMILES string of the molecule is C=CCn1cc(-c2cnc(C(=O)Nc3ccc(C(=O)NC4[C@H]5CN(C(=O)N[C@@H]6CNC[C@H]6OC=O)C[C@@H]45)c(Cl)c3)n2C)c(C(F)(F)F)n1. The third kappa shape index (κ3) is 6.47. The van der Waals surface area contributed by atoms with Crippen molar-refractivity contribution in [3.63, 3.8) is 0 Å². The Balaban J connectivity index is 1.04. The molecule has 0 radical (unpaired) electrons. The zero-order valence-corrected chi connectivity index (χ0v) is 26.2. The molecule has 0 spiro atoms. The number of fused-ring (bicyclic) bond motifs is 1. The summed E-state index contributed by atoms with van der Waals surface area (Å²) in [7, 11) is 1.41. The van der Waals surface area contributed by atoms with Crippen molar-refractivity contribution in [1.29, 1.82) is 0 Å². The van der Waals surface area contributed by atoms with Gasteiger partial charge in [-0.25, -0.2) is 9.78 Å². The maximum atomic E-state index is 13.7. The van der Waals surface area contributed by atoms with Crippen LogP contribution in [-0.4, -0.2) is 92.9 Å². The molecule has 2 aromatic heterocycles. The van der Waals surface area contributed by atoms with Gasteiger partial charge in [-0.3, -0.25) is 19.1 Å². The number of ether oxygens (including phenoxy) is 1. The van der Waals surface area contributed by atoms with E-state index in [0.29, 0.717) is 32.7 Å². The number of hydrogen-bond acceptors (Lipinski definition) is 8. The number of piperidine rings is 1. The fourth-order valence-electron chi connectivity index (χ4n) is 6.28. The molecule has 5 atom stereocenters. The molecule has 1 saturated carbocycles. The number of urea groups is 1. The molecule has 14 nitrogen and oxygen atoms in total. The predicted molar refractivity (Wildman–Crippen MR) is 165 cm³/mol. The van der Waals surface area contributed by atoms with E-state index in [0.717, 1.165) is 10.9 Å². The molecule has 1 unspecified atom stereocenters. The smallest absolute Gasteiger partial charge is 0.435 e. The summed E-state index contributed by atoms with van der Waals surface area (Å²) in [5.41, 5.74) is -0.905. The van der Waals surface area contributed by atoms with Gasteiger partial charge in [0, 0.05) is 63.0 Å². The van der Waals surface area contributed by atoms with Crippen molar-refractivity contribution in [3.05, 3.63) is 65.4 Å². The number of nitrogens with one attached hydrogen (secondary N) is 4. The number of amides is 4. The van der Waals surface area contributed by atoms with Gasteiger partial charge in [0.15, 0.2) is 11.5 Å². The number of benzene rings is 1. The molecule has 4 N–H and O–H groups in total. The summed E-state index contributed by atoms with van der Waals surface area (Å²) < 4.78 is 48.4. The summed E-state index contributed by atoms with van der Waals surface area (Å²) >= 11 is 6.41. The van der Waals surface area contributed by atoms with Gasteiger partial charge in [0.25, 0.3) is 18.3 Å². The maximum absolute atomic E-state index is 13.7. The van der Waals surface area contributed by atoms with E-state index in [1.165, 1.54) is 42.1 Å². The van der Waals surface area contributed by atoms with E-state index in [4.69, 9.17) is 16.3 Å². The van der Waals surface area contributed by atoms with E-state index < -0.39 is 29.8 Å². The van der Waals surface area contributed by atoms with Crippen LogP contribution >= 0.6 is 11.6 Å².